The first kappa shape index (κ1) is 16.5. The number of amides is 1. The van der Waals surface area contributed by atoms with Crippen LogP contribution in [0.5, 0.6) is 5.75 Å². The number of rotatable bonds is 4. The van der Waals surface area contributed by atoms with E-state index < -0.39 is 6.09 Å². The summed E-state index contributed by atoms with van der Waals surface area (Å²) in [5, 5.41) is 9.58. The summed E-state index contributed by atoms with van der Waals surface area (Å²) in [5.41, 5.74) is 0.857. The topological polar surface area (TPSA) is 75.5 Å². The van der Waals surface area contributed by atoms with Gasteiger partial charge in [0, 0.05) is 23.7 Å². The molecule has 1 aromatic heterocycles. The standard InChI is InChI=1S/C17H18ClN3O3/c18-14-3-1-2-13(8-14)16-19-9-15(10-20-16)24-11-12-4-6-21(7-5-12)17(22)23/h1-3,8-10,12H,4-7,11H2,(H,22,23). The maximum Gasteiger partial charge on any atom is 0.407 e. The fourth-order valence-corrected chi connectivity index (χ4v) is 2.86. The van der Waals surface area contributed by atoms with E-state index >= 15 is 0 Å². The minimum Gasteiger partial charge on any atom is -0.490 e. The van der Waals surface area contributed by atoms with Crippen molar-refractivity contribution >= 4 is 17.7 Å². The summed E-state index contributed by atoms with van der Waals surface area (Å²) in [5.74, 6) is 1.56. The fourth-order valence-electron chi connectivity index (χ4n) is 2.67. The maximum atomic E-state index is 10.9. The van der Waals surface area contributed by atoms with E-state index in [9.17, 15) is 4.79 Å². The Kier molecular flexibility index (Phi) is 5.15. The van der Waals surface area contributed by atoms with Crippen molar-refractivity contribution in [2.45, 2.75) is 12.8 Å². The van der Waals surface area contributed by atoms with Crippen LogP contribution in [0.25, 0.3) is 11.4 Å². The first-order chi connectivity index (χ1) is 11.6. The van der Waals surface area contributed by atoms with Gasteiger partial charge in [0.25, 0.3) is 0 Å². The molecule has 0 radical (unpaired) electrons. The molecule has 0 atom stereocenters. The van der Waals surface area contributed by atoms with Crippen LogP contribution in [-0.4, -0.2) is 45.8 Å². The molecule has 0 saturated carbocycles. The molecule has 1 aromatic carbocycles. The van der Waals surface area contributed by atoms with E-state index in [-0.39, 0.29) is 0 Å². The zero-order chi connectivity index (χ0) is 16.9. The van der Waals surface area contributed by atoms with Crippen molar-refractivity contribution < 1.29 is 14.6 Å². The van der Waals surface area contributed by atoms with E-state index in [1.165, 1.54) is 4.90 Å². The number of benzene rings is 1. The molecule has 1 aliphatic rings. The number of hydrogen-bond donors (Lipinski definition) is 1. The van der Waals surface area contributed by atoms with Crippen LogP contribution in [0.1, 0.15) is 12.8 Å². The molecule has 7 heteroatoms. The first-order valence-corrected chi connectivity index (χ1v) is 8.18. The fraction of sp³-hybridized carbons (Fsp3) is 0.353. The Morgan fingerprint density at radius 1 is 1.29 bits per heavy atom. The largest absolute Gasteiger partial charge is 0.490 e. The summed E-state index contributed by atoms with van der Waals surface area (Å²) < 4.78 is 5.74. The number of carbonyl (C=O) groups is 1. The van der Waals surface area contributed by atoms with Crippen molar-refractivity contribution in [3.8, 4) is 17.1 Å². The molecule has 1 aliphatic heterocycles. The predicted molar refractivity (Wildman–Crippen MR) is 90.3 cm³/mol. The highest BCUT2D eigenvalue weighted by atomic mass is 35.5. The van der Waals surface area contributed by atoms with Crippen molar-refractivity contribution in [2.75, 3.05) is 19.7 Å². The lowest BCUT2D eigenvalue weighted by molar-refractivity contribution is 0.111. The van der Waals surface area contributed by atoms with E-state index in [1.807, 2.05) is 18.2 Å². The van der Waals surface area contributed by atoms with Gasteiger partial charge in [-0.3, -0.25) is 0 Å². The van der Waals surface area contributed by atoms with Crippen molar-refractivity contribution in [1.82, 2.24) is 14.9 Å². The summed E-state index contributed by atoms with van der Waals surface area (Å²) in [6.45, 7) is 1.68. The third-order valence-corrected chi connectivity index (χ3v) is 4.32. The van der Waals surface area contributed by atoms with Crippen LogP contribution < -0.4 is 4.74 Å². The number of halogens is 1. The van der Waals surface area contributed by atoms with Crippen LogP contribution in [-0.2, 0) is 0 Å². The average molecular weight is 348 g/mol. The highest BCUT2D eigenvalue weighted by molar-refractivity contribution is 6.30. The minimum atomic E-state index is -0.848. The van der Waals surface area contributed by atoms with E-state index in [2.05, 4.69) is 9.97 Å². The average Bonchev–Trinajstić information content (AvgIpc) is 2.61. The number of ether oxygens (including phenoxy) is 1. The van der Waals surface area contributed by atoms with Gasteiger partial charge in [0.15, 0.2) is 11.6 Å². The molecule has 1 N–H and O–H groups in total. The molecule has 3 rings (SSSR count). The minimum absolute atomic E-state index is 0.355. The summed E-state index contributed by atoms with van der Waals surface area (Å²) in [6.07, 6.45) is 4.08. The quantitative estimate of drug-likeness (QED) is 0.915. The van der Waals surface area contributed by atoms with Crippen LogP contribution in [0, 0.1) is 5.92 Å². The maximum absolute atomic E-state index is 10.9. The lowest BCUT2D eigenvalue weighted by Crippen LogP contribution is -2.38. The van der Waals surface area contributed by atoms with Gasteiger partial charge in [-0.2, -0.15) is 0 Å². The van der Waals surface area contributed by atoms with Gasteiger partial charge in [0.2, 0.25) is 0 Å². The zero-order valence-electron chi connectivity index (χ0n) is 13.1. The molecular formula is C17H18ClN3O3. The molecule has 0 spiro atoms. The Morgan fingerprint density at radius 3 is 2.62 bits per heavy atom. The molecule has 1 fully saturated rings. The zero-order valence-corrected chi connectivity index (χ0v) is 13.8. The number of nitrogens with zero attached hydrogens (tertiary/aromatic N) is 3. The van der Waals surface area contributed by atoms with Crippen molar-refractivity contribution in [1.29, 1.82) is 0 Å². The Balaban J connectivity index is 1.53. The molecule has 1 amide bonds. The van der Waals surface area contributed by atoms with Crippen LogP contribution in [0.3, 0.4) is 0 Å². The second-order valence-corrected chi connectivity index (χ2v) is 6.21. The van der Waals surface area contributed by atoms with Gasteiger partial charge < -0.3 is 14.7 Å². The first-order valence-electron chi connectivity index (χ1n) is 7.80. The van der Waals surface area contributed by atoms with Crippen molar-refractivity contribution in [3.63, 3.8) is 0 Å². The number of piperidine rings is 1. The van der Waals surface area contributed by atoms with Gasteiger partial charge in [-0.1, -0.05) is 23.7 Å². The van der Waals surface area contributed by atoms with E-state index in [4.69, 9.17) is 21.4 Å². The highest BCUT2D eigenvalue weighted by Crippen LogP contribution is 2.22. The number of likely N-dealkylation sites (tertiary alicyclic amines) is 1. The molecule has 0 bridgehead atoms. The predicted octanol–water partition coefficient (Wildman–Crippen LogP) is 3.57. The van der Waals surface area contributed by atoms with E-state index in [1.54, 1.807) is 18.5 Å². The molecule has 0 aliphatic carbocycles. The Hall–Kier alpha value is -2.34. The van der Waals surface area contributed by atoms with Gasteiger partial charge >= 0.3 is 6.09 Å². The van der Waals surface area contributed by atoms with Gasteiger partial charge in [-0.15, -0.1) is 0 Å². The molecular weight excluding hydrogens is 330 g/mol. The van der Waals surface area contributed by atoms with Crippen molar-refractivity contribution in [2.24, 2.45) is 5.92 Å². The Bertz CT molecular complexity index is 700. The van der Waals surface area contributed by atoms with Gasteiger partial charge in [-0.05, 0) is 30.9 Å². The number of carboxylic acid groups (broad SMARTS) is 1. The lowest BCUT2D eigenvalue weighted by atomic mass is 9.98. The molecule has 1 saturated heterocycles. The van der Waals surface area contributed by atoms with E-state index in [0.717, 1.165) is 18.4 Å². The molecule has 126 valence electrons. The summed E-state index contributed by atoms with van der Waals surface area (Å²) in [7, 11) is 0. The van der Waals surface area contributed by atoms with Gasteiger partial charge in [0.1, 0.15) is 0 Å². The third kappa shape index (κ3) is 4.14. The molecule has 0 unspecified atom stereocenters. The summed E-state index contributed by atoms with van der Waals surface area (Å²) in [4.78, 5) is 20.9. The second kappa shape index (κ2) is 7.49. The summed E-state index contributed by atoms with van der Waals surface area (Å²) in [6, 6.07) is 7.37. The van der Waals surface area contributed by atoms with Gasteiger partial charge in [-0.25, -0.2) is 14.8 Å². The molecule has 2 aromatic rings. The molecule has 6 nitrogen and oxygen atoms in total. The summed E-state index contributed by atoms with van der Waals surface area (Å²) >= 11 is 5.97. The Morgan fingerprint density at radius 2 is 2.00 bits per heavy atom. The smallest absolute Gasteiger partial charge is 0.407 e. The highest BCUT2D eigenvalue weighted by Gasteiger charge is 2.22. The van der Waals surface area contributed by atoms with Crippen LogP contribution >= 0.6 is 11.6 Å². The number of hydrogen-bond acceptors (Lipinski definition) is 4. The number of aromatic nitrogens is 2. The van der Waals surface area contributed by atoms with Crippen molar-refractivity contribution in [3.05, 3.63) is 41.7 Å². The molecule has 2 heterocycles. The lowest BCUT2D eigenvalue weighted by Gasteiger charge is -2.29. The Labute approximate surface area is 145 Å². The molecule has 24 heavy (non-hydrogen) atoms. The normalized spacial score (nSPS) is 15.3. The van der Waals surface area contributed by atoms with Crippen LogP contribution in [0.15, 0.2) is 36.7 Å². The second-order valence-electron chi connectivity index (χ2n) is 5.78. The van der Waals surface area contributed by atoms with Crippen LogP contribution in [0.4, 0.5) is 4.79 Å². The van der Waals surface area contributed by atoms with Gasteiger partial charge in [0.05, 0.1) is 19.0 Å². The monoisotopic (exact) mass is 347 g/mol. The van der Waals surface area contributed by atoms with E-state index in [0.29, 0.717) is 42.2 Å². The van der Waals surface area contributed by atoms with Crippen LogP contribution in [0.2, 0.25) is 5.02 Å². The third-order valence-electron chi connectivity index (χ3n) is 4.08. The SMILES string of the molecule is O=C(O)N1CCC(COc2cnc(-c3cccc(Cl)c3)nc2)CC1.